The lowest BCUT2D eigenvalue weighted by molar-refractivity contribution is -0.0664. The molecule has 7 heteroatoms. The van der Waals surface area contributed by atoms with Crippen molar-refractivity contribution < 1.29 is 14.3 Å². The minimum atomic E-state index is -0.127. The lowest BCUT2D eigenvalue weighted by Crippen LogP contribution is -2.50. The SMILES string of the molecule is O=C(c1ccc(Cl)c(Cl)c1)N1CCN(CC2OCCO2)CC1. The number of hydrogen-bond acceptors (Lipinski definition) is 4. The summed E-state index contributed by atoms with van der Waals surface area (Å²) in [6.07, 6.45) is -0.127. The molecule has 0 saturated carbocycles. The minimum absolute atomic E-state index is 0.00779. The predicted octanol–water partition coefficient (Wildman–Crippen LogP) is 2.12. The van der Waals surface area contributed by atoms with Crippen LogP contribution in [0.5, 0.6) is 0 Å². The van der Waals surface area contributed by atoms with Crippen molar-refractivity contribution in [1.82, 2.24) is 9.80 Å². The summed E-state index contributed by atoms with van der Waals surface area (Å²) in [7, 11) is 0. The molecule has 120 valence electrons. The molecule has 0 spiro atoms. The van der Waals surface area contributed by atoms with Crippen molar-refractivity contribution >= 4 is 29.1 Å². The molecule has 0 atom stereocenters. The first-order valence-electron chi connectivity index (χ1n) is 7.33. The van der Waals surface area contributed by atoms with Gasteiger partial charge in [-0.25, -0.2) is 0 Å². The number of rotatable bonds is 3. The number of nitrogens with zero attached hydrogens (tertiary/aromatic N) is 2. The van der Waals surface area contributed by atoms with Crippen LogP contribution in [0.4, 0.5) is 0 Å². The molecule has 0 unspecified atom stereocenters. The highest BCUT2D eigenvalue weighted by Crippen LogP contribution is 2.23. The number of carbonyl (C=O) groups is 1. The molecule has 0 N–H and O–H groups in total. The largest absolute Gasteiger partial charge is 0.349 e. The van der Waals surface area contributed by atoms with E-state index < -0.39 is 0 Å². The van der Waals surface area contributed by atoms with E-state index >= 15 is 0 Å². The van der Waals surface area contributed by atoms with Gasteiger partial charge in [-0.15, -0.1) is 0 Å². The van der Waals surface area contributed by atoms with E-state index in [9.17, 15) is 4.79 Å². The number of carbonyl (C=O) groups excluding carboxylic acids is 1. The number of benzene rings is 1. The first-order valence-corrected chi connectivity index (χ1v) is 8.09. The van der Waals surface area contributed by atoms with E-state index in [1.807, 2.05) is 4.90 Å². The van der Waals surface area contributed by atoms with Crippen LogP contribution in [0.3, 0.4) is 0 Å². The molecule has 3 rings (SSSR count). The van der Waals surface area contributed by atoms with Crippen molar-refractivity contribution in [3.8, 4) is 0 Å². The number of piperazine rings is 1. The summed E-state index contributed by atoms with van der Waals surface area (Å²) >= 11 is 11.9. The Labute approximate surface area is 139 Å². The maximum Gasteiger partial charge on any atom is 0.253 e. The Balaban J connectivity index is 1.53. The van der Waals surface area contributed by atoms with Crippen LogP contribution >= 0.6 is 23.2 Å². The van der Waals surface area contributed by atoms with Gasteiger partial charge in [0.2, 0.25) is 0 Å². The number of amides is 1. The molecule has 1 aromatic carbocycles. The molecular formula is C15H18Cl2N2O3. The average molecular weight is 345 g/mol. The Morgan fingerprint density at radius 1 is 1.09 bits per heavy atom. The van der Waals surface area contributed by atoms with E-state index in [0.717, 1.165) is 19.6 Å². The zero-order valence-electron chi connectivity index (χ0n) is 12.1. The van der Waals surface area contributed by atoms with Gasteiger partial charge in [-0.3, -0.25) is 9.69 Å². The first-order chi connectivity index (χ1) is 10.6. The molecule has 0 aromatic heterocycles. The van der Waals surface area contributed by atoms with Gasteiger partial charge >= 0.3 is 0 Å². The van der Waals surface area contributed by atoms with E-state index in [1.165, 1.54) is 0 Å². The van der Waals surface area contributed by atoms with Crippen LogP contribution in [0.1, 0.15) is 10.4 Å². The Bertz CT molecular complexity index is 542. The maximum atomic E-state index is 12.5. The molecule has 0 bridgehead atoms. The van der Waals surface area contributed by atoms with E-state index in [0.29, 0.717) is 41.9 Å². The second-order valence-corrected chi connectivity index (χ2v) is 6.21. The quantitative estimate of drug-likeness (QED) is 0.842. The molecule has 0 aliphatic carbocycles. The van der Waals surface area contributed by atoms with E-state index in [1.54, 1.807) is 18.2 Å². The summed E-state index contributed by atoms with van der Waals surface area (Å²) in [6, 6.07) is 4.99. The summed E-state index contributed by atoms with van der Waals surface area (Å²) in [5.74, 6) is -0.00779. The Kier molecular flexibility index (Phi) is 5.21. The number of hydrogen-bond donors (Lipinski definition) is 0. The van der Waals surface area contributed by atoms with E-state index in [2.05, 4.69) is 4.90 Å². The van der Waals surface area contributed by atoms with Gasteiger partial charge in [-0.2, -0.15) is 0 Å². The monoisotopic (exact) mass is 344 g/mol. The zero-order chi connectivity index (χ0) is 15.5. The lowest BCUT2D eigenvalue weighted by Gasteiger charge is -2.35. The third-order valence-corrected chi connectivity index (χ3v) is 4.66. The van der Waals surface area contributed by atoms with Gasteiger partial charge in [0, 0.05) is 38.3 Å². The Hall–Kier alpha value is -0.850. The normalized spacial score (nSPS) is 20.5. The van der Waals surface area contributed by atoms with Crippen LogP contribution in [0.15, 0.2) is 18.2 Å². The fourth-order valence-electron chi connectivity index (χ4n) is 2.67. The summed E-state index contributed by atoms with van der Waals surface area (Å²) < 4.78 is 10.9. The van der Waals surface area contributed by atoms with Gasteiger partial charge in [0.15, 0.2) is 6.29 Å². The van der Waals surface area contributed by atoms with E-state index in [4.69, 9.17) is 32.7 Å². The molecule has 5 nitrogen and oxygen atoms in total. The van der Waals surface area contributed by atoms with Gasteiger partial charge in [-0.05, 0) is 18.2 Å². The minimum Gasteiger partial charge on any atom is -0.349 e. The third kappa shape index (κ3) is 3.73. The highest BCUT2D eigenvalue weighted by atomic mass is 35.5. The Morgan fingerprint density at radius 2 is 1.77 bits per heavy atom. The summed E-state index contributed by atoms with van der Waals surface area (Å²) in [5, 5.41) is 0.862. The zero-order valence-corrected chi connectivity index (χ0v) is 13.6. The number of halogens is 2. The molecule has 2 aliphatic heterocycles. The third-order valence-electron chi connectivity index (χ3n) is 3.92. The fraction of sp³-hybridized carbons (Fsp3) is 0.533. The van der Waals surface area contributed by atoms with Crippen molar-refractivity contribution in [2.75, 3.05) is 45.9 Å². The highest BCUT2D eigenvalue weighted by Gasteiger charge is 2.26. The smallest absolute Gasteiger partial charge is 0.253 e. The van der Waals surface area contributed by atoms with Crippen LogP contribution < -0.4 is 0 Å². The van der Waals surface area contributed by atoms with Crippen LogP contribution in [-0.2, 0) is 9.47 Å². The van der Waals surface area contributed by atoms with Gasteiger partial charge in [0.05, 0.1) is 23.3 Å². The molecule has 0 radical (unpaired) electrons. The summed E-state index contributed by atoms with van der Waals surface area (Å²) in [6.45, 7) is 5.10. The topological polar surface area (TPSA) is 42.0 Å². The van der Waals surface area contributed by atoms with Gasteiger partial charge in [0.1, 0.15) is 0 Å². The van der Waals surface area contributed by atoms with Gasteiger partial charge < -0.3 is 14.4 Å². The highest BCUT2D eigenvalue weighted by molar-refractivity contribution is 6.42. The summed E-state index contributed by atoms with van der Waals surface area (Å²) in [5.41, 5.74) is 0.574. The molecule has 2 aliphatic rings. The van der Waals surface area contributed by atoms with Crippen molar-refractivity contribution in [1.29, 1.82) is 0 Å². The van der Waals surface area contributed by atoms with Crippen molar-refractivity contribution in [2.24, 2.45) is 0 Å². The molecule has 2 fully saturated rings. The van der Waals surface area contributed by atoms with Gasteiger partial charge in [-0.1, -0.05) is 23.2 Å². The second-order valence-electron chi connectivity index (χ2n) is 5.39. The second kappa shape index (κ2) is 7.15. The molecule has 1 amide bonds. The van der Waals surface area contributed by atoms with Gasteiger partial charge in [0.25, 0.3) is 5.91 Å². The maximum absolute atomic E-state index is 12.5. The average Bonchev–Trinajstić information content (AvgIpc) is 3.03. The number of ether oxygens (including phenoxy) is 2. The van der Waals surface area contributed by atoms with Crippen LogP contribution in [-0.4, -0.2) is 67.9 Å². The van der Waals surface area contributed by atoms with Crippen molar-refractivity contribution in [3.63, 3.8) is 0 Å². The molecule has 2 heterocycles. The van der Waals surface area contributed by atoms with Crippen LogP contribution in [0.25, 0.3) is 0 Å². The van der Waals surface area contributed by atoms with Crippen LogP contribution in [0, 0.1) is 0 Å². The first kappa shape index (κ1) is 16.0. The molecule has 1 aromatic rings. The fourth-order valence-corrected chi connectivity index (χ4v) is 2.97. The van der Waals surface area contributed by atoms with Crippen molar-refractivity contribution in [3.05, 3.63) is 33.8 Å². The van der Waals surface area contributed by atoms with E-state index in [-0.39, 0.29) is 12.2 Å². The van der Waals surface area contributed by atoms with Crippen molar-refractivity contribution in [2.45, 2.75) is 6.29 Å². The molecule has 22 heavy (non-hydrogen) atoms. The Morgan fingerprint density at radius 3 is 2.41 bits per heavy atom. The molecular weight excluding hydrogens is 327 g/mol. The lowest BCUT2D eigenvalue weighted by atomic mass is 10.2. The molecule has 2 saturated heterocycles. The van der Waals surface area contributed by atoms with Crippen LogP contribution in [0.2, 0.25) is 10.0 Å². The standard InChI is InChI=1S/C15H18Cl2N2O3/c16-12-2-1-11(9-13(12)17)15(20)19-5-3-18(4-6-19)10-14-21-7-8-22-14/h1-2,9,14H,3-8,10H2. The summed E-state index contributed by atoms with van der Waals surface area (Å²) in [4.78, 5) is 16.6. The predicted molar refractivity (Wildman–Crippen MR) is 84.5 cm³/mol.